The number of amides is 2. The molecular formula is C15H16N4O3. The predicted octanol–water partition coefficient (Wildman–Crippen LogP) is 0.850. The Kier molecular flexibility index (Phi) is 4.36. The second-order valence-corrected chi connectivity index (χ2v) is 4.86. The lowest BCUT2D eigenvalue weighted by molar-refractivity contribution is -0.119. The van der Waals surface area contributed by atoms with Crippen molar-refractivity contribution in [3.8, 4) is 0 Å². The molecule has 3 N–H and O–H groups in total. The van der Waals surface area contributed by atoms with Crippen molar-refractivity contribution in [2.24, 2.45) is 5.73 Å². The summed E-state index contributed by atoms with van der Waals surface area (Å²) < 4.78 is 1.13. The van der Waals surface area contributed by atoms with E-state index in [1.54, 1.807) is 32.0 Å². The Hall–Kier alpha value is -2.96. The Morgan fingerprint density at radius 3 is 2.41 bits per heavy atom. The van der Waals surface area contributed by atoms with Gasteiger partial charge in [-0.05, 0) is 44.2 Å². The number of primary amides is 1. The summed E-state index contributed by atoms with van der Waals surface area (Å²) in [7, 11) is 0. The highest BCUT2D eigenvalue weighted by Gasteiger charge is 2.17. The van der Waals surface area contributed by atoms with Gasteiger partial charge in [0.1, 0.15) is 6.04 Å². The number of rotatable bonds is 4. The number of aryl methyl sites for hydroxylation is 1. The molecule has 7 nitrogen and oxygen atoms in total. The Morgan fingerprint density at radius 1 is 1.18 bits per heavy atom. The third-order valence-corrected chi connectivity index (χ3v) is 3.14. The monoisotopic (exact) mass is 300 g/mol. The van der Waals surface area contributed by atoms with Gasteiger partial charge in [0, 0.05) is 17.3 Å². The minimum absolute atomic E-state index is 0.350. The highest BCUT2D eigenvalue weighted by atomic mass is 16.2. The molecule has 2 aromatic rings. The van der Waals surface area contributed by atoms with Crippen LogP contribution < -0.4 is 16.6 Å². The number of anilines is 1. The van der Waals surface area contributed by atoms with Crippen molar-refractivity contribution < 1.29 is 9.59 Å². The third-order valence-electron chi connectivity index (χ3n) is 3.14. The molecule has 0 saturated carbocycles. The zero-order valence-electron chi connectivity index (χ0n) is 12.2. The summed E-state index contributed by atoms with van der Waals surface area (Å²) in [4.78, 5) is 34.9. The van der Waals surface area contributed by atoms with E-state index in [-0.39, 0.29) is 11.5 Å². The zero-order chi connectivity index (χ0) is 16.3. The number of benzene rings is 1. The predicted molar refractivity (Wildman–Crippen MR) is 81.5 cm³/mol. The second kappa shape index (κ2) is 6.21. The van der Waals surface area contributed by atoms with Gasteiger partial charge in [0.2, 0.25) is 11.8 Å². The summed E-state index contributed by atoms with van der Waals surface area (Å²) in [5.74, 6) is -0.922. The van der Waals surface area contributed by atoms with Gasteiger partial charge >= 0.3 is 0 Å². The first-order chi connectivity index (χ1) is 10.4. The maximum Gasteiger partial charge on any atom is 0.267 e. The maximum atomic E-state index is 12.2. The first-order valence-corrected chi connectivity index (χ1v) is 6.65. The minimum atomic E-state index is -0.761. The van der Waals surface area contributed by atoms with E-state index in [4.69, 9.17) is 5.73 Å². The van der Waals surface area contributed by atoms with Crippen LogP contribution in [0.4, 0.5) is 5.69 Å². The molecule has 1 atom stereocenters. The van der Waals surface area contributed by atoms with Gasteiger partial charge in [-0.1, -0.05) is 0 Å². The van der Waals surface area contributed by atoms with Crippen LogP contribution in [-0.4, -0.2) is 21.6 Å². The van der Waals surface area contributed by atoms with Crippen LogP contribution in [0.25, 0.3) is 0 Å². The van der Waals surface area contributed by atoms with Crippen LogP contribution >= 0.6 is 0 Å². The lowest BCUT2D eigenvalue weighted by atomic mass is 10.2. The van der Waals surface area contributed by atoms with Crippen LogP contribution in [0.3, 0.4) is 0 Å². The molecular weight excluding hydrogens is 284 g/mol. The summed E-state index contributed by atoms with van der Waals surface area (Å²) in [6.45, 7) is 3.32. The largest absolute Gasteiger partial charge is 0.366 e. The van der Waals surface area contributed by atoms with Crippen LogP contribution in [0.15, 0.2) is 41.2 Å². The van der Waals surface area contributed by atoms with E-state index in [0.29, 0.717) is 16.9 Å². The van der Waals surface area contributed by atoms with Crippen molar-refractivity contribution in [1.29, 1.82) is 0 Å². The molecule has 0 radical (unpaired) electrons. The van der Waals surface area contributed by atoms with Crippen molar-refractivity contribution in [3.05, 3.63) is 58.0 Å². The second-order valence-electron chi connectivity index (χ2n) is 4.86. The van der Waals surface area contributed by atoms with Gasteiger partial charge in [0.15, 0.2) is 0 Å². The molecule has 0 fully saturated rings. The summed E-state index contributed by atoms with van der Waals surface area (Å²) >= 11 is 0. The zero-order valence-corrected chi connectivity index (χ0v) is 12.2. The SMILES string of the molecule is Cc1ccc(=O)n(C(C)C(=O)Nc2ccc(C(N)=O)cc2)n1. The lowest BCUT2D eigenvalue weighted by Crippen LogP contribution is -2.33. The van der Waals surface area contributed by atoms with Gasteiger partial charge in [0.05, 0.1) is 5.69 Å². The summed E-state index contributed by atoms with van der Waals surface area (Å²) in [5.41, 5.74) is 6.29. The fourth-order valence-corrected chi connectivity index (χ4v) is 1.87. The number of nitrogens with two attached hydrogens (primary N) is 1. The molecule has 1 aromatic heterocycles. The smallest absolute Gasteiger partial charge is 0.267 e. The Bertz CT molecular complexity index is 765. The molecule has 0 saturated heterocycles. The van der Waals surface area contributed by atoms with Gasteiger partial charge in [-0.2, -0.15) is 5.10 Å². The first kappa shape index (κ1) is 15.4. The molecule has 0 aliphatic heterocycles. The van der Waals surface area contributed by atoms with Crippen molar-refractivity contribution in [3.63, 3.8) is 0 Å². The number of hydrogen-bond donors (Lipinski definition) is 2. The molecule has 7 heteroatoms. The average molecular weight is 300 g/mol. The van der Waals surface area contributed by atoms with E-state index in [9.17, 15) is 14.4 Å². The number of carbonyl (C=O) groups is 2. The van der Waals surface area contributed by atoms with E-state index in [0.717, 1.165) is 4.68 Å². The molecule has 0 spiro atoms. The Labute approximate surface area is 126 Å². The van der Waals surface area contributed by atoms with Gasteiger partial charge < -0.3 is 11.1 Å². The number of nitrogens with zero attached hydrogens (tertiary/aromatic N) is 2. The first-order valence-electron chi connectivity index (χ1n) is 6.65. The number of hydrogen-bond acceptors (Lipinski definition) is 4. The summed E-state index contributed by atoms with van der Waals surface area (Å²) in [6.07, 6.45) is 0. The van der Waals surface area contributed by atoms with Crippen LogP contribution in [-0.2, 0) is 4.79 Å². The van der Waals surface area contributed by atoms with Gasteiger partial charge in [-0.15, -0.1) is 0 Å². The van der Waals surface area contributed by atoms with E-state index in [1.165, 1.54) is 18.2 Å². The van der Waals surface area contributed by atoms with Crippen LogP contribution in [0.2, 0.25) is 0 Å². The van der Waals surface area contributed by atoms with E-state index < -0.39 is 11.9 Å². The fraction of sp³-hybridized carbons (Fsp3) is 0.200. The number of carbonyl (C=O) groups excluding carboxylic acids is 2. The minimum Gasteiger partial charge on any atom is -0.366 e. The van der Waals surface area contributed by atoms with Crippen molar-refractivity contribution in [2.75, 3.05) is 5.32 Å². The topological polar surface area (TPSA) is 107 Å². The number of aromatic nitrogens is 2. The van der Waals surface area contributed by atoms with Crippen LogP contribution in [0.1, 0.15) is 29.0 Å². The molecule has 114 valence electrons. The third kappa shape index (κ3) is 3.38. The van der Waals surface area contributed by atoms with E-state index in [2.05, 4.69) is 10.4 Å². The standard InChI is InChI=1S/C15H16N4O3/c1-9-3-8-13(20)19(18-9)10(2)15(22)17-12-6-4-11(5-7-12)14(16)21/h3-8,10H,1-2H3,(H2,16,21)(H,17,22). The molecule has 2 amide bonds. The van der Waals surface area contributed by atoms with Gasteiger partial charge in [0.25, 0.3) is 5.56 Å². The molecule has 1 unspecified atom stereocenters. The molecule has 0 aliphatic carbocycles. The quantitative estimate of drug-likeness (QED) is 0.872. The maximum absolute atomic E-state index is 12.2. The fourth-order valence-electron chi connectivity index (χ4n) is 1.87. The molecule has 0 aliphatic rings. The highest BCUT2D eigenvalue weighted by Crippen LogP contribution is 2.12. The molecule has 1 aromatic carbocycles. The normalized spacial score (nSPS) is 11.7. The molecule has 2 rings (SSSR count). The lowest BCUT2D eigenvalue weighted by Gasteiger charge is -2.14. The van der Waals surface area contributed by atoms with Crippen LogP contribution in [0, 0.1) is 6.92 Å². The van der Waals surface area contributed by atoms with Gasteiger partial charge in [-0.25, -0.2) is 4.68 Å². The Balaban J connectivity index is 2.16. The summed E-state index contributed by atoms with van der Waals surface area (Å²) in [5, 5.41) is 6.72. The summed E-state index contributed by atoms with van der Waals surface area (Å²) in [6, 6.07) is 8.36. The van der Waals surface area contributed by atoms with Crippen molar-refractivity contribution in [1.82, 2.24) is 9.78 Å². The molecule has 1 heterocycles. The average Bonchev–Trinajstić information content (AvgIpc) is 2.49. The Morgan fingerprint density at radius 2 is 1.82 bits per heavy atom. The van der Waals surface area contributed by atoms with E-state index in [1.807, 2.05) is 0 Å². The number of nitrogens with one attached hydrogen (secondary N) is 1. The van der Waals surface area contributed by atoms with E-state index >= 15 is 0 Å². The highest BCUT2D eigenvalue weighted by molar-refractivity contribution is 5.95. The van der Waals surface area contributed by atoms with Crippen molar-refractivity contribution in [2.45, 2.75) is 19.9 Å². The van der Waals surface area contributed by atoms with Gasteiger partial charge in [-0.3, -0.25) is 14.4 Å². The molecule has 0 bridgehead atoms. The molecule has 22 heavy (non-hydrogen) atoms. The van der Waals surface area contributed by atoms with Crippen molar-refractivity contribution >= 4 is 17.5 Å². The van der Waals surface area contributed by atoms with Crippen LogP contribution in [0.5, 0.6) is 0 Å².